The highest BCUT2D eigenvalue weighted by Crippen LogP contribution is 2.13. The van der Waals surface area contributed by atoms with E-state index in [9.17, 15) is 4.79 Å². The van der Waals surface area contributed by atoms with Crippen molar-refractivity contribution in [2.75, 3.05) is 0 Å². The van der Waals surface area contributed by atoms with E-state index < -0.39 is 6.16 Å². The van der Waals surface area contributed by atoms with Crippen LogP contribution in [0, 0.1) is 0 Å². The minimum atomic E-state index is -0.616. The first-order chi connectivity index (χ1) is 9.72. The van der Waals surface area contributed by atoms with Crippen LogP contribution in [0.3, 0.4) is 0 Å². The van der Waals surface area contributed by atoms with Gasteiger partial charge in [-0.3, -0.25) is 0 Å². The molecule has 0 aliphatic heterocycles. The van der Waals surface area contributed by atoms with Gasteiger partial charge < -0.3 is 9.47 Å². The number of carbonyl (C=O) groups excluding carboxylic acids is 1. The highest BCUT2D eigenvalue weighted by atomic mass is 16.7. The summed E-state index contributed by atoms with van der Waals surface area (Å²) < 4.78 is 10.3. The van der Waals surface area contributed by atoms with Gasteiger partial charge in [0.15, 0.2) is 0 Å². The molecular formula is C17H26O3. The average molecular weight is 278 g/mol. The first-order valence-corrected chi connectivity index (χ1v) is 7.66. The summed E-state index contributed by atoms with van der Waals surface area (Å²) in [7, 11) is 0. The molecule has 20 heavy (non-hydrogen) atoms. The van der Waals surface area contributed by atoms with Gasteiger partial charge in [-0.2, -0.15) is 0 Å². The fourth-order valence-corrected chi connectivity index (χ4v) is 2.04. The Bertz CT molecular complexity index is 362. The number of ether oxygens (including phenoxy) is 2. The van der Waals surface area contributed by atoms with Gasteiger partial charge in [0.2, 0.25) is 0 Å². The smallest absolute Gasteiger partial charge is 0.431 e. The number of para-hydroxylation sites is 1. The summed E-state index contributed by atoms with van der Waals surface area (Å²) in [5.74, 6) is 0.518. The second-order valence-electron chi connectivity index (χ2n) is 5.15. The van der Waals surface area contributed by atoms with Crippen molar-refractivity contribution in [3.8, 4) is 5.75 Å². The zero-order valence-electron chi connectivity index (χ0n) is 12.6. The summed E-state index contributed by atoms with van der Waals surface area (Å²) in [5.41, 5.74) is 0. The molecule has 0 heterocycles. The van der Waals surface area contributed by atoms with Crippen LogP contribution in [0.25, 0.3) is 0 Å². The summed E-state index contributed by atoms with van der Waals surface area (Å²) in [4.78, 5) is 11.6. The van der Waals surface area contributed by atoms with Crippen molar-refractivity contribution in [1.29, 1.82) is 0 Å². The predicted octanol–water partition coefficient (Wildman–Crippen LogP) is 5.34. The van der Waals surface area contributed by atoms with E-state index in [1.807, 2.05) is 25.1 Å². The highest BCUT2D eigenvalue weighted by Gasteiger charge is 2.11. The van der Waals surface area contributed by atoms with E-state index in [0.717, 1.165) is 12.8 Å². The summed E-state index contributed by atoms with van der Waals surface area (Å²) in [5, 5.41) is 0. The van der Waals surface area contributed by atoms with E-state index in [-0.39, 0.29) is 6.10 Å². The van der Waals surface area contributed by atoms with E-state index >= 15 is 0 Å². The first kappa shape index (κ1) is 16.5. The lowest BCUT2D eigenvalue weighted by atomic mass is 10.1. The Labute approximate surface area is 122 Å². The standard InChI is InChI=1S/C17H26O3/c1-3-4-5-6-7-9-12-15(2)19-17(18)20-16-13-10-8-11-14-16/h8,10-11,13-15H,3-7,9,12H2,1-2H3. The molecule has 0 aliphatic carbocycles. The number of carbonyl (C=O) groups is 1. The van der Waals surface area contributed by atoms with E-state index in [1.165, 1.54) is 32.1 Å². The average Bonchev–Trinajstić information content (AvgIpc) is 2.43. The van der Waals surface area contributed by atoms with Crippen molar-refractivity contribution in [2.45, 2.75) is 64.9 Å². The van der Waals surface area contributed by atoms with Gasteiger partial charge in [-0.05, 0) is 31.9 Å². The fraction of sp³-hybridized carbons (Fsp3) is 0.588. The maximum atomic E-state index is 11.6. The molecule has 0 radical (unpaired) electrons. The fourth-order valence-electron chi connectivity index (χ4n) is 2.04. The van der Waals surface area contributed by atoms with Crippen molar-refractivity contribution in [1.82, 2.24) is 0 Å². The van der Waals surface area contributed by atoms with Crippen LogP contribution in [-0.2, 0) is 4.74 Å². The number of benzene rings is 1. The molecule has 0 aliphatic rings. The molecule has 0 saturated carbocycles. The van der Waals surface area contributed by atoms with Gasteiger partial charge in [0.05, 0.1) is 0 Å². The maximum absolute atomic E-state index is 11.6. The number of unbranched alkanes of at least 4 members (excludes halogenated alkanes) is 5. The van der Waals surface area contributed by atoms with E-state index in [1.54, 1.807) is 12.1 Å². The van der Waals surface area contributed by atoms with Crippen molar-refractivity contribution in [2.24, 2.45) is 0 Å². The molecular weight excluding hydrogens is 252 g/mol. The Morgan fingerprint density at radius 1 is 1.05 bits per heavy atom. The molecule has 1 rings (SSSR count). The van der Waals surface area contributed by atoms with Crippen LogP contribution in [0.5, 0.6) is 5.75 Å². The first-order valence-electron chi connectivity index (χ1n) is 7.66. The summed E-state index contributed by atoms with van der Waals surface area (Å²) in [6.07, 6.45) is 7.67. The van der Waals surface area contributed by atoms with Gasteiger partial charge in [-0.1, -0.05) is 57.2 Å². The van der Waals surface area contributed by atoms with Gasteiger partial charge in [-0.15, -0.1) is 0 Å². The third kappa shape index (κ3) is 7.82. The van der Waals surface area contributed by atoms with Crippen LogP contribution in [0.4, 0.5) is 4.79 Å². The molecule has 0 bridgehead atoms. The van der Waals surface area contributed by atoms with Crippen LogP contribution in [0.1, 0.15) is 58.8 Å². The van der Waals surface area contributed by atoms with Crippen LogP contribution >= 0.6 is 0 Å². The SMILES string of the molecule is CCCCCCCCC(C)OC(=O)Oc1ccccc1. The Morgan fingerprint density at radius 3 is 2.40 bits per heavy atom. The van der Waals surface area contributed by atoms with Crippen LogP contribution < -0.4 is 4.74 Å². The topological polar surface area (TPSA) is 35.5 Å². The monoisotopic (exact) mass is 278 g/mol. The molecule has 0 saturated heterocycles. The van der Waals surface area contributed by atoms with E-state index in [2.05, 4.69) is 6.92 Å². The number of hydrogen-bond acceptors (Lipinski definition) is 3. The van der Waals surface area contributed by atoms with Crippen LogP contribution in [0.2, 0.25) is 0 Å². The van der Waals surface area contributed by atoms with Gasteiger partial charge in [0.1, 0.15) is 11.9 Å². The Balaban J connectivity index is 2.09. The molecule has 112 valence electrons. The van der Waals surface area contributed by atoms with Crippen molar-refractivity contribution < 1.29 is 14.3 Å². The maximum Gasteiger partial charge on any atom is 0.514 e. The van der Waals surface area contributed by atoms with Crippen molar-refractivity contribution in [3.05, 3.63) is 30.3 Å². The lowest BCUT2D eigenvalue weighted by molar-refractivity contribution is 0.0613. The molecule has 0 aromatic heterocycles. The van der Waals surface area contributed by atoms with Crippen molar-refractivity contribution in [3.63, 3.8) is 0 Å². The van der Waals surface area contributed by atoms with Crippen molar-refractivity contribution >= 4 is 6.16 Å². The molecule has 1 unspecified atom stereocenters. The van der Waals surface area contributed by atoms with Gasteiger partial charge in [0, 0.05) is 0 Å². The number of hydrogen-bond donors (Lipinski definition) is 0. The molecule has 1 atom stereocenters. The van der Waals surface area contributed by atoms with E-state index in [4.69, 9.17) is 9.47 Å². The molecule has 3 nitrogen and oxygen atoms in total. The predicted molar refractivity (Wildman–Crippen MR) is 81.0 cm³/mol. The lowest BCUT2D eigenvalue weighted by Crippen LogP contribution is -2.18. The van der Waals surface area contributed by atoms with Crippen LogP contribution in [0.15, 0.2) is 30.3 Å². The molecule has 0 amide bonds. The molecule has 0 spiro atoms. The largest absolute Gasteiger partial charge is 0.514 e. The Kier molecular flexibility index (Phi) is 8.52. The minimum Gasteiger partial charge on any atom is -0.431 e. The zero-order valence-corrected chi connectivity index (χ0v) is 12.6. The van der Waals surface area contributed by atoms with Gasteiger partial charge in [-0.25, -0.2) is 4.79 Å². The van der Waals surface area contributed by atoms with Gasteiger partial charge >= 0.3 is 6.16 Å². The Hall–Kier alpha value is -1.51. The third-order valence-electron chi connectivity index (χ3n) is 3.21. The summed E-state index contributed by atoms with van der Waals surface area (Å²) in [6, 6.07) is 8.99. The molecule has 0 N–H and O–H groups in total. The second-order valence-corrected chi connectivity index (χ2v) is 5.15. The van der Waals surface area contributed by atoms with Crippen LogP contribution in [-0.4, -0.2) is 12.3 Å². The van der Waals surface area contributed by atoms with E-state index in [0.29, 0.717) is 5.75 Å². The Morgan fingerprint density at radius 2 is 1.70 bits per heavy atom. The molecule has 0 fully saturated rings. The molecule has 3 heteroatoms. The third-order valence-corrected chi connectivity index (χ3v) is 3.21. The minimum absolute atomic E-state index is 0.0858. The highest BCUT2D eigenvalue weighted by molar-refractivity contribution is 5.63. The normalized spacial score (nSPS) is 11.9. The quantitative estimate of drug-likeness (QED) is 0.347. The second kappa shape index (κ2) is 10.3. The molecule has 1 aromatic carbocycles. The van der Waals surface area contributed by atoms with Gasteiger partial charge in [0.25, 0.3) is 0 Å². The summed E-state index contributed by atoms with van der Waals surface area (Å²) in [6.45, 7) is 4.13. The number of rotatable bonds is 9. The zero-order chi connectivity index (χ0) is 14.6. The lowest BCUT2D eigenvalue weighted by Gasteiger charge is -2.12. The molecule has 1 aromatic rings. The summed E-state index contributed by atoms with van der Waals surface area (Å²) >= 11 is 0.